The van der Waals surface area contributed by atoms with Crippen LogP contribution >= 0.6 is 15.9 Å². The summed E-state index contributed by atoms with van der Waals surface area (Å²) < 4.78 is 0. The highest BCUT2D eigenvalue weighted by atomic mass is 79.9. The summed E-state index contributed by atoms with van der Waals surface area (Å²) in [6, 6.07) is 6.66. The van der Waals surface area contributed by atoms with Gasteiger partial charge in [0.25, 0.3) is 0 Å². The summed E-state index contributed by atoms with van der Waals surface area (Å²) in [6.45, 7) is 0. The molecular weight excluding hydrogens is 326 g/mol. The van der Waals surface area contributed by atoms with Crippen LogP contribution in [0.25, 0.3) is 0 Å². The van der Waals surface area contributed by atoms with E-state index >= 15 is 0 Å². The average molecular weight is 350 g/mol. The van der Waals surface area contributed by atoms with Gasteiger partial charge in [0.05, 0.1) is 0 Å². The number of aryl methyl sites for hydroxylation is 1. The number of alkyl halides is 1. The van der Waals surface area contributed by atoms with Gasteiger partial charge in [-0.3, -0.25) is 4.79 Å². The number of halogens is 1. The molecule has 3 rings (SSSR count). The number of carbonyl (C=O) groups is 1. The molecule has 1 aromatic carbocycles. The first-order chi connectivity index (χ1) is 10.2. The molecule has 2 aliphatic rings. The van der Waals surface area contributed by atoms with E-state index in [0.29, 0.717) is 11.2 Å². The summed E-state index contributed by atoms with van der Waals surface area (Å²) in [5.41, 5.74) is 3.81. The summed E-state index contributed by atoms with van der Waals surface area (Å²) in [4.78, 5) is 14.0. The fourth-order valence-corrected chi connectivity index (χ4v) is 4.54. The summed E-state index contributed by atoms with van der Waals surface area (Å²) in [7, 11) is 1.89. The van der Waals surface area contributed by atoms with Gasteiger partial charge in [-0.25, -0.2) is 0 Å². The van der Waals surface area contributed by atoms with E-state index < -0.39 is 0 Å². The second-order valence-electron chi connectivity index (χ2n) is 6.49. The predicted octanol–water partition coefficient (Wildman–Crippen LogP) is 5.00. The van der Waals surface area contributed by atoms with Crippen molar-refractivity contribution in [1.82, 2.24) is 0 Å². The second-order valence-corrected chi connectivity index (χ2v) is 7.48. The molecule has 1 heterocycles. The maximum absolute atomic E-state index is 11.8. The average Bonchev–Trinajstić information content (AvgIpc) is 2.79. The molecule has 1 unspecified atom stereocenters. The van der Waals surface area contributed by atoms with E-state index in [-0.39, 0.29) is 5.91 Å². The van der Waals surface area contributed by atoms with Crippen LogP contribution in [0.2, 0.25) is 0 Å². The molecular formula is C18H24BrNO. The zero-order chi connectivity index (χ0) is 14.8. The smallest absolute Gasteiger partial charge is 0.227 e. The molecule has 1 amide bonds. The highest BCUT2D eigenvalue weighted by molar-refractivity contribution is 9.09. The Bertz CT molecular complexity index is 520. The Hall–Kier alpha value is -0.830. The Morgan fingerprint density at radius 2 is 1.86 bits per heavy atom. The van der Waals surface area contributed by atoms with Crippen molar-refractivity contribution in [1.29, 1.82) is 0 Å². The maximum Gasteiger partial charge on any atom is 0.227 e. The minimum Gasteiger partial charge on any atom is -0.315 e. The zero-order valence-electron chi connectivity index (χ0n) is 12.8. The third-order valence-electron chi connectivity index (χ3n) is 5.08. The molecule has 114 valence electrons. The normalized spacial score (nSPS) is 21.8. The van der Waals surface area contributed by atoms with Crippen molar-refractivity contribution >= 4 is 27.5 Å². The molecule has 1 saturated carbocycles. The zero-order valence-corrected chi connectivity index (χ0v) is 14.4. The molecule has 3 heteroatoms. The Balaban J connectivity index is 1.81. The fourth-order valence-electron chi connectivity index (χ4n) is 3.72. The number of fused-ring (bicyclic) bond motifs is 1. The SMILES string of the molecule is CN1C(=O)CCc2cc(C(Br)C3CCCCCC3)ccc21. The van der Waals surface area contributed by atoms with E-state index in [2.05, 4.69) is 34.1 Å². The number of carbonyl (C=O) groups excluding carboxylic acids is 1. The standard InChI is InChI=1S/C18H24BrNO/c1-20-16-10-8-15(12-14(16)9-11-17(20)21)18(19)13-6-4-2-3-5-7-13/h8,10,12-13,18H,2-7,9,11H2,1H3. The summed E-state index contributed by atoms with van der Waals surface area (Å²) in [6.07, 6.45) is 9.74. The number of nitrogens with zero attached hydrogens (tertiary/aromatic N) is 1. The Morgan fingerprint density at radius 1 is 1.14 bits per heavy atom. The van der Waals surface area contributed by atoms with Crippen LogP contribution in [0.1, 0.15) is 60.9 Å². The van der Waals surface area contributed by atoms with Gasteiger partial charge in [0.2, 0.25) is 5.91 Å². The molecule has 1 atom stereocenters. The third-order valence-corrected chi connectivity index (χ3v) is 6.36. The van der Waals surface area contributed by atoms with Crippen molar-refractivity contribution in [2.45, 2.75) is 56.2 Å². The molecule has 0 radical (unpaired) electrons. The van der Waals surface area contributed by atoms with E-state index in [1.54, 1.807) is 4.90 Å². The van der Waals surface area contributed by atoms with Crippen molar-refractivity contribution in [2.24, 2.45) is 5.92 Å². The second kappa shape index (κ2) is 6.51. The molecule has 0 aromatic heterocycles. The highest BCUT2D eigenvalue weighted by Crippen LogP contribution is 2.41. The minimum atomic E-state index is 0.231. The van der Waals surface area contributed by atoms with E-state index in [9.17, 15) is 4.79 Å². The minimum absolute atomic E-state index is 0.231. The van der Waals surface area contributed by atoms with Gasteiger partial charge >= 0.3 is 0 Å². The van der Waals surface area contributed by atoms with Crippen molar-refractivity contribution < 1.29 is 4.79 Å². The summed E-state index contributed by atoms with van der Waals surface area (Å²) in [5.74, 6) is 0.989. The number of hydrogen-bond donors (Lipinski definition) is 0. The lowest BCUT2D eigenvalue weighted by molar-refractivity contribution is -0.118. The molecule has 0 saturated heterocycles. The molecule has 0 N–H and O–H groups in total. The van der Waals surface area contributed by atoms with E-state index in [1.165, 1.54) is 49.7 Å². The van der Waals surface area contributed by atoms with Gasteiger partial charge < -0.3 is 4.90 Å². The third kappa shape index (κ3) is 3.18. The number of amides is 1. The topological polar surface area (TPSA) is 20.3 Å². The molecule has 1 aromatic rings. The van der Waals surface area contributed by atoms with Gasteiger partial charge in [0.1, 0.15) is 0 Å². The Labute approximate surface area is 136 Å². The quantitative estimate of drug-likeness (QED) is 0.543. The van der Waals surface area contributed by atoms with Crippen LogP contribution in [0.15, 0.2) is 18.2 Å². The Morgan fingerprint density at radius 3 is 2.57 bits per heavy atom. The van der Waals surface area contributed by atoms with Gasteiger partial charge in [-0.15, -0.1) is 0 Å². The largest absolute Gasteiger partial charge is 0.315 e. The van der Waals surface area contributed by atoms with Gasteiger partial charge in [0.15, 0.2) is 0 Å². The Kier molecular flexibility index (Phi) is 4.68. The molecule has 1 aliphatic heterocycles. The molecule has 0 bridgehead atoms. The fraction of sp³-hybridized carbons (Fsp3) is 0.611. The van der Waals surface area contributed by atoms with Gasteiger partial charge in [-0.2, -0.15) is 0 Å². The van der Waals surface area contributed by atoms with Crippen LogP contribution in [0.3, 0.4) is 0 Å². The molecule has 1 aliphatic carbocycles. The lowest BCUT2D eigenvalue weighted by Gasteiger charge is -2.28. The van der Waals surface area contributed by atoms with Crippen LogP contribution in [0, 0.1) is 5.92 Å². The molecule has 1 fully saturated rings. The van der Waals surface area contributed by atoms with E-state index in [1.807, 2.05) is 7.05 Å². The first-order valence-electron chi connectivity index (χ1n) is 8.20. The van der Waals surface area contributed by atoms with Gasteiger partial charge in [0, 0.05) is 24.0 Å². The number of anilines is 1. The van der Waals surface area contributed by atoms with Crippen LogP contribution in [-0.4, -0.2) is 13.0 Å². The van der Waals surface area contributed by atoms with Crippen LogP contribution in [-0.2, 0) is 11.2 Å². The first-order valence-corrected chi connectivity index (χ1v) is 9.12. The summed E-state index contributed by atoms with van der Waals surface area (Å²) >= 11 is 3.96. The van der Waals surface area contributed by atoms with E-state index in [0.717, 1.165) is 18.0 Å². The van der Waals surface area contributed by atoms with Crippen LogP contribution in [0.4, 0.5) is 5.69 Å². The van der Waals surface area contributed by atoms with Crippen molar-refractivity contribution in [3.63, 3.8) is 0 Å². The predicted molar refractivity (Wildman–Crippen MR) is 91.0 cm³/mol. The van der Waals surface area contributed by atoms with E-state index in [4.69, 9.17) is 0 Å². The number of benzene rings is 1. The van der Waals surface area contributed by atoms with Crippen LogP contribution < -0.4 is 4.90 Å². The molecule has 21 heavy (non-hydrogen) atoms. The van der Waals surface area contributed by atoms with Crippen LogP contribution in [0.5, 0.6) is 0 Å². The monoisotopic (exact) mass is 349 g/mol. The molecule has 0 spiro atoms. The van der Waals surface area contributed by atoms with Gasteiger partial charge in [-0.1, -0.05) is 53.7 Å². The highest BCUT2D eigenvalue weighted by Gasteiger charge is 2.25. The lowest BCUT2D eigenvalue weighted by atomic mass is 9.90. The molecule has 2 nitrogen and oxygen atoms in total. The number of rotatable bonds is 2. The lowest BCUT2D eigenvalue weighted by Crippen LogP contribution is -2.31. The van der Waals surface area contributed by atoms with Crippen molar-refractivity contribution in [3.05, 3.63) is 29.3 Å². The number of hydrogen-bond acceptors (Lipinski definition) is 1. The van der Waals surface area contributed by atoms with Crippen molar-refractivity contribution in [3.8, 4) is 0 Å². The maximum atomic E-state index is 11.8. The first kappa shape index (κ1) is 15.1. The van der Waals surface area contributed by atoms with Gasteiger partial charge in [-0.05, 0) is 42.4 Å². The van der Waals surface area contributed by atoms with Crippen molar-refractivity contribution in [2.75, 3.05) is 11.9 Å². The summed E-state index contributed by atoms with van der Waals surface area (Å²) in [5, 5.41) is 0.